The van der Waals surface area contributed by atoms with E-state index in [1.165, 1.54) is 0 Å². The Morgan fingerprint density at radius 1 is 1.45 bits per heavy atom. The van der Waals surface area contributed by atoms with Crippen molar-refractivity contribution in [3.8, 4) is 5.75 Å². The number of nitrogens with zero attached hydrogens (tertiary/aromatic N) is 3. The summed E-state index contributed by atoms with van der Waals surface area (Å²) in [6, 6.07) is 7.71. The van der Waals surface area contributed by atoms with Crippen LogP contribution in [0.25, 0.3) is 0 Å². The highest BCUT2D eigenvalue weighted by atomic mass is 16.5. The van der Waals surface area contributed by atoms with Crippen LogP contribution in [0.1, 0.15) is 0 Å². The number of ether oxygens (including phenoxy) is 1. The summed E-state index contributed by atoms with van der Waals surface area (Å²) < 4.78 is 6.95. The summed E-state index contributed by atoms with van der Waals surface area (Å²) in [4.78, 5) is 1.95. The Balaban J connectivity index is 1.98. The minimum atomic E-state index is -0.552. The van der Waals surface area contributed by atoms with Crippen LogP contribution in [-0.2, 0) is 6.54 Å². The van der Waals surface area contributed by atoms with Crippen LogP contribution in [-0.4, -0.2) is 41.7 Å². The summed E-state index contributed by atoms with van der Waals surface area (Å²) in [7, 11) is 3.55. The van der Waals surface area contributed by atoms with E-state index in [1.807, 2.05) is 36.2 Å². The second-order valence-electron chi connectivity index (χ2n) is 4.70. The third-order valence-electron chi connectivity index (χ3n) is 3.03. The van der Waals surface area contributed by atoms with Gasteiger partial charge in [-0.3, -0.25) is 4.68 Å². The molecule has 108 valence electrons. The quantitative estimate of drug-likeness (QED) is 0.822. The van der Waals surface area contributed by atoms with Crippen LogP contribution in [0.3, 0.4) is 0 Å². The first kappa shape index (κ1) is 14.2. The summed E-state index contributed by atoms with van der Waals surface area (Å²) in [5.74, 6) is 0.783. The number of nitrogens with two attached hydrogens (primary N) is 1. The first-order valence-corrected chi connectivity index (χ1v) is 6.40. The fraction of sp³-hybridized carbons (Fsp3) is 0.357. The third-order valence-corrected chi connectivity index (χ3v) is 3.03. The Labute approximate surface area is 118 Å². The van der Waals surface area contributed by atoms with Gasteiger partial charge in [0.25, 0.3) is 0 Å². The largest absolute Gasteiger partial charge is 0.495 e. The number of aliphatic hydroxyl groups is 1. The first-order chi connectivity index (χ1) is 9.60. The van der Waals surface area contributed by atoms with Crippen LogP contribution in [0, 0.1) is 0 Å². The van der Waals surface area contributed by atoms with Gasteiger partial charge in [0.05, 0.1) is 37.3 Å². The standard InChI is InChI=1S/C14H20N4O2/c1-17(13-5-3-4-6-14(13)20-2)9-12(19)10-18-8-11(15)7-16-18/h3-8,12,19H,9-10,15H2,1-2H3. The van der Waals surface area contributed by atoms with Crippen LogP contribution < -0.4 is 15.4 Å². The predicted octanol–water partition coefficient (Wildman–Crippen LogP) is 0.971. The summed E-state index contributed by atoms with van der Waals surface area (Å²) in [6.45, 7) is 0.872. The predicted molar refractivity (Wildman–Crippen MR) is 78.9 cm³/mol. The molecule has 2 aromatic rings. The van der Waals surface area contributed by atoms with Crippen molar-refractivity contribution in [3.63, 3.8) is 0 Å². The summed E-state index contributed by atoms with van der Waals surface area (Å²) >= 11 is 0. The number of hydrogen-bond donors (Lipinski definition) is 2. The van der Waals surface area contributed by atoms with E-state index in [-0.39, 0.29) is 0 Å². The second kappa shape index (κ2) is 6.29. The maximum Gasteiger partial charge on any atom is 0.142 e. The molecule has 0 saturated carbocycles. The number of nitrogen functional groups attached to an aromatic ring is 1. The molecule has 0 amide bonds. The SMILES string of the molecule is COc1ccccc1N(C)CC(O)Cn1cc(N)cn1. The van der Waals surface area contributed by atoms with Gasteiger partial charge in [-0.15, -0.1) is 0 Å². The Hall–Kier alpha value is -2.21. The zero-order chi connectivity index (χ0) is 14.5. The molecule has 1 heterocycles. The molecule has 1 aromatic carbocycles. The lowest BCUT2D eigenvalue weighted by atomic mass is 10.2. The second-order valence-corrected chi connectivity index (χ2v) is 4.70. The van der Waals surface area contributed by atoms with Crippen LogP contribution in [0.5, 0.6) is 5.75 Å². The molecule has 2 rings (SSSR count). The van der Waals surface area contributed by atoms with E-state index in [4.69, 9.17) is 10.5 Å². The maximum atomic E-state index is 10.1. The molecule has 1 unspecified atom stereocenters. The summed E-state index contributed by atoms with van der Waals surface area (Å²) in [5, 5.41) is 14.2. The van der Waals surface area contributed by atoms with E-state index >= 15 is 0 Å². The summed E-state index contributed by atoms with van der Waals surface area (Å²) in [6.07, 6.45) is 2.72. The van der Waals surface area contributed by atoms with Gasteiger partial charge in [-0.05, 0) is 12.1 Å². The monoisotopic (exact) mass is 276 g/mol. The van der Waals surface area contributed by atoms with Crippen molar-refractivity contribution in [2.75, 3.05) is 31.3 Å². The highest BCUT2D eigenvalue weighted by molar-refractivity contribution is 5.57. The number of likely N-dealkylation sites (N-methyl/N-ethyl adjacent to an activating group) is 1. The summed E-state index contributed by atoms with van der Waals surface area (Å²) in [5.41, 5.74) is 7.12. The van der Waals surface area contributed by atoms with Crippen molar-refractivity contribution >= 4 is 11.4 Å². The van der Waals surface area contributed by atoms with Crippen molar-refractivity contribution in [2.45, 2.75) is 12.6 Å². The zero-order valence-electron chi connectivity index (χ0n) is 11.7. The van der Waals surface area contributed by atoms with Crippen LogP contribution in [0.4, 0.5) is 11.4 Å². The van der Waals surface area contributed by atoms with Crippen LogP contribution >= 0.6 is 0 Å². The molecule has 0 spiro atoms. The van der Waals surface area contributed by atoms with Gasteiger partial charge >= 0.3 is 0 Å². The lowest BCUT2D eigenvalue weighted by Crippen LogP contribution is -2.32. The van der Waals surface area contributed by atoms with Gasteiger partial charge < -0.3 is 20.5 Å². The van der Waals surface area contributed by atoms with Crippen molar-refractivity contribution in [3.05, 3.63) is 36.7 Å². The number of aromatic nitrogens is 2. The average molecular weight is 276 g/mol. The van der Waals surface area contributed by atoms with E-state index in [9.17, 15) is 5.11 Å². The molecule has 6 heteroatoms. The highest BCUT2D eigenvalue weighted by Crippen LogP contribution is 2.26. The smallest absolute Gasteiger partial charge is 0.142 e. The topological polar surface area (TPSA) is 76.5 Å². The molecule has 1 atom stereocenters. The van der Waals surface area contributed by atoms with Gasteiger partial charge in [-0.2, -0.15) is 5.10 Å². The van der Waals surface area contributed by atoms with Crippen molar-refractivity contribution in [1.82, 2.24) is 9.78 Å². The number of hydrogen-bond acceptors (Lipinski definition) is 5. The van der Waals surface area contributed by atoms with Gasteiger partial charge in [0.15, 0.2) is 0 Å². The minimum absolute atomic E-state index is 0.399. The molecular weight excluding hydrogens is 256 g/mol. The molecule has 0 bridgehead atoms. The number of anilines is 2. The average Bonchev–Trinajstić information content (AvgIpc) is 2.83. The Bertz CT molecular complexity index is 556. The fourth-order valence-electron chi connectivity index (χ4n) is 2.11. The molecule has 0 fully saturated rings. The van der Waals surface area contributed by atoms with E-state index in [0.29, 0.717) is 18.8 Å². The number of rotatable bonds is 6. The molecular formula is C14H20N4O2. The molecule has 1 aromatic heterocycles. The van der Waals surface area contributed by atoms with Gasteiger partial charge in [0.1, 0.15) is 5.75 Å². The van der Waals surface area contributed by atoms with Crippen molar-refractivity contribution in [1.29, 1.82) is 0 Å². The van der Waals surface area contributed by atoms with Crippen LogP contribution in [0.15, 0.2) is 36.7 Å². The third kappa shape index (κ3) is 3.42. The zero-order valence-corrected chi connectivity index (χ0v) is 11.7. The number of para-hydroxylation sites is 2. The van der Waals surface area contributed by atoms with Gasteiger partial charge in [-0.1, -0.05) is 12.1 Å². The van der Waals surface area contributed by atoms with E-state index in [1.54, 1.807) is 24.2 Å². The van der Waals surface area contributed by atoms with Crippen molar-refractivity contribution in [2.24, 2.45) is 0 Å². The van der Waals surface area contributed by atoms with Crippen molar-refractivity contribution < 1.29 is 9.84 Å². The highest BCUT2D eigenvalue weighted by Gasteiger charge is 2.13. The van der Waals surface area contributed by atoms with E-state index in [2.05, 4.69) is 5.10 Å². The molecule has 0 aliphatic rings. The molecule has 0 aliphatic heterocycles. The molecule has 0 aliphatic carbocycles. The normalized spacial score (nSPS) is 12.2. The van der Waals surface area contributed by atoms with Gasteiger partial charge in [0, 0.05) is 19.8 Å². The fourth-order valence-corrected chi connectivity index (χ4v) is 2.11. The Morgan fingerprint density at radius 3 is 2.85 bits per heavy atom. The molecule has 0 saturated heterocycles. The number of aliphatic hydroxyl groups excluding tert-OH is 1. The van der Waals surface area contributed by atoms with Gasteiger partial charge in [-0.25, -0.2) is 0 Å². The first-order valence-electron chi connectivity index (χ1n) is 6.40. The lowest BCUT2D eigenvalue weighted by molar-refractivity contribution is 0.155. The Morgan fingerprint density at radius 2 is 2.20 bits per heavy atom. The van der Waals surface area contributed by atoms with E-state index in [0.717, 1.165) is 11.4 Å². The maximum absolute atomic E-state index is 10.1. The molecule has 3 N–H and O–H groups in total. The lowest BCUT2D eigenvalue weighted by Gasteiger charge is -2.24. The molecule has 0 radical (unpaired) electrons. The van der Waals surface area contributed by atoms with Crippen LogP contribution in [0.2, 0.25) is 0 Å². The van der Waals surface area contributed by atoms with Gasteiger partial charge in [0.2, 0.25) is 0 Å². The number of benzene rings is 1. The van der Waals surface area contributed by atoms with E-state index < -0.39 is 6.10 Å². The Kier molecular flexibility index (Phi) is 4.47. The minimum Gasteiger partial charge on any atom is -0.495 e. The number of methoxy groups -OCH3 is 1. The molecule has 6 nitrogen and oxygen atoms in total. The molecule has 20 heavy (non-hydrogen) atoms.